The fraction of sp³-hybridized carbons (Fsp3) is 0.500. The molecule has 0 bridgehead atoms. The van der Waals surface area contributed by atoms with E-state index in [1.165, 1.54) is 6.20 Å². The van der Waals surface area contributed by atoms with Crippen LogP contribution in [0.4, 0.5) is 4.39 Å². The lowest BCUT2D eigenvalue weighted by Gasteiger charge is -2.09. The molecule has 2 nitrogen and oxygen atoms in total. The summed E-state index contributed by atoms with van der Waals surface area (Å²) in [6.45, 7) is 2.79. The molecule has 1 saturated carbocycles. The average Bonchev–Trinajstić information content (AvgIpc) is 2.79. The van der Waals surface area contributed by atoms with Crippen molar-refractivity contribution in [2.75, 3.05) is 6.54 Å². The van der Waals surface area contributed by atoms with E-state index in [1.807, 2.05) is 0 Å². The van der Waals surface area contributed by atoms with Crippen molar-refractivity contribution in [1.82, 2.24) is 4.98 Å². The van der Waals surface area contributed by atoms with Gasteiger partial charge in [-0.2, -0.15) is 0 Å². The molecule has 3 heteroatoms. The Morgan fingerprint density at radius 2 is 2.46 bits per heavy atom. The Bertz CT molecular complexity index is 326. The second-order valence-electron chi connectivity index (χ2n) is 3.95. The second-order valence-corrected chi connectivity index (χ2v) is 3.95. The highest BCUT2D eigenvalue weighted by Gasteiger charge is 2.50. The van der Waals surface area contributed by atoms with Gasteiger partial charge in [-0.25, -0.2) is 4.39 Å². The summed E-state index contributed by atoms with van der Waals surface area (Å²) in [5.41, 5.74) is 6.62. The smallest absolute Gasteiger partial charge is 0.141 e. The van der Waals surface area contributed by atoms with Gasteiger partial charge in [0.25, 0.3) is 0 Å². The van der Waals surface area contributed by atoms with Crippen molar-refractivity contribution < 1.29 is 4.39 Å². The van der Waals surface area contributed by atoms with Crippen LogP contribution in [-0.4, -0.2) is 11.5 Å². The van der Waals surface area contributed by atoms with Gasteiger partial charge in [0.05, 0.1) is 6.20 Å². The Balaban J connectivity index is 2.27. The summed E-state index contributed by atoms with van der Waals surface area (Å²) in [4.78, 5) is 3.84. The van der Waals surface area contributed by atoms with E-state index in [0.29, 0.717) is 12.5 Å². The molecule has 1 fully saturated rings. The van der Waals surface area contributed by atoms with Crippen LogP contribution in [0.25, 0.3) is 0 Å². The molecule has 2 N–H and O–H groups in total. The number of aromatic nitrogens is 1. The molecule has 1 aromatic rings. The van der Waals surface area contributed by atoms with Crippen molar-refractivity contribution in [3.63, 3.8) is 0 Å². The Labute approximate surface area is 77.0 Å². The Morgan fingerprint density at radius 1 is 1.69 bits per heavy atom. The van der Waals surface area contributed by atoms with Crippen LogP contribution < -0.4 is 5.73 Å². The van der Waals surface area contributed by atoms with Crippen LogP contribution in [0, 0.1) is 11.7 Å². The number of hydrogen-bond acceptors (Lipinski definition) is 2. The zero-order chi connectivity index (χ0) is 9.47. The molecular formula is C10H13FN2. The van der Waals surface area contributed by atoms with Gasteiger partial charge >= 0.3 is 0 Å². The number of halogens is 1. The van der Waals surface area contributed by atoms with Crippen LogP contribution in [-0.2, 0) is 5.41 Å². The number of nitrogens with zero attached hydrogens (tertiary/aromatic N) is 1. The third kappa shape index (κ3) is 1.33. The van der Waals surface area contributed by atoms with Gasteiger partial charge in [-0.1, -0.05) is 6.92 Å². The van der Waals surface area contributed by atoms with E-state index in [1.54, 1.807) is 12.3 Å². The highest BCUT2D eigenvalue weighted by atomic mass is 19.1. The zero-order valence-electron chi connectivity index (χ0n) is 7.63. The lowest BCUT2D eigenvalue weighted by atomic mass is 9.97. The van der Waals surface area contributed by atoms with Crippen LogP contribution in [0.5, 0.6) is 0 Å². The zero-order valence-corrected chi connectivity index (χ0v) is 7.63. The standard InChI is InChI=1S/C10H13FN2/c1-10(3-8(10)4-12)7-2-9(11)6-13-5-7/h2,5-6,8H,3-4,12H2,1H3. The third-order valence-corrected chi connectivity index (χ3v) is 3.06. The summed E-state index contributed by atoms with van der Waals surface area (Å²) in [6, 6.07) is 1.56. The normalized spacial score (nSPS) is 31.8. The molecule has 1 aliphatic rings. The van der Waals surface area contributed by atoms with Crippen LogP contribution in [0.3, 0.4) is 0 Å². The monoisotopic (exact) mass is 180 g/mol. The quantitative estimate of drug-likeness (QED) is 0.748. The second kappa shape index (κ2) is 2.77. The fourth-order valence-corrected chi connectivity index (χ4v) is 1.87. The topological polar surface area (TPSA) is 38.9 Å². The van der Waals surface area contributed by atoms with Gasteiger partial charge < -0.3 is 5.73 Å². The fourth-order valence-electron chi connectivity index (χ4n) is 1.87. The van der Waals surface area contributed by atoms with Crippen molar-refractivity contribution in [3.05, 3.63) is 29.8 Å². The first-order valence-electron chi connectivity index (χ1n) is 4.48. The van der Waals surface area contributed by atoms with Crippen LogP contribution in [0.1, 0.15) is 18.9 Å². The number of hydrogen-bond donors (Lipinski definition) is 1. The Morgan fingerprint density at radius 3 is 3.00 bits per heavy atom. The van der Waals surface area contributed by atoms with Crippen molar-refractivity contribution in [2.45, 2.75) is 18.8 Å². The minimum absolute atomic E-state index is 0.0733. The summed E-state index contributed by atoms with van der Waals surface area (Å²) in [6.07, 6.45) is 4.01. The minimum atomic E-state index is -0.263. The maximum absolute atomic E-state index is 12.9. The molecule has 13 heavy (non-hydrogen) atoms. The summed E-state index contributed by atoms with van der Waals surface area (Å²) in [5, 5.41) is 0. The van der Waals surface area contributed by atoms with Gasteiger partial charge in [-0.3, -0.25) is 4.98 Å². The van der Waals surface area contributed by atoms with E-state index >= 15 is 0 Å². The summed E-state index contributed by atoms with van der Waals surface area (Å²) < 4.78 is 12.9. The molecule has 0 saturated heterocycles. The highest BCUT2D eigenvalue weighted by molar-refractivity contribution is 5.30. The third-order valence-electron chi connectivity index (χ3n) is 3.06. The Hall–Kier alpha value is -0.960. The summed E-state index contributed by atoms with van der Waals surface area (Å²) in [5.74, 6) is 0.234. The molecule has 0 amide bonds. The average molecular weight is 180 g/mol. The number of pyridine rings is 1. The molecule has 1 heterocycles. The highest BCUT2D eigenvalue weighted by Crippen LogP contribution is 2.53. The molecule has 0 spiro atoms. The molecule has 2 atom stereocenters. The largest absolute Gasteiger partial charge is 0.330 e. The molecule has 0 radical (unpaired) electrons. The molecular weight excluding hydrogens is 167 g/mol. The van der Waals surface area contributed by atoms with Crippen molar-refractivity contribution in [3.8, 4) is 0 Å². The first-order chi connectivity index (χ1) is 6.16. The summed E-state index contributed by atoms with van der Waals surface area (Å²) >= 11 is 0. The van der Waals surface area contributed by atoms with E-state index in [0.717, 1.165) is 12.0 Å². The Kier molecular flexibility index (Phi) is 1.84. The van der Waals surface area contributed by atoms with Gasteiger partial charge in [-0.15, -0.1) is 0 Å². The predicted molar refractivity (Wildman–Crippen MR) is 48.7 cm³/mol. The first-order valence-corrected chi connectivity index (χ1v) is 4.48. The van der Waals surface area contributed by atoms with Crippen LogP contribution >= 0.6 is 0 Å². The number of rotatable bonds is 2. The lowest BCUT2D eigenvalue weighted by Crippen LogP contribution is -2.12. The minimum Gasteiger partial charge on any atom is -0.330 e. The van der Waals surface area contributed by atoms with E-state index in [-0.39, 0.29) is 11.2 Å². The maximum Gasteiger partial charge on any atom is 0.141 e. The van der Waals surface area contributed by atoms with Crippen molar-refractivity contribution in [1.29, 1.82) is 0 Å². The SMILES string of the molecule is CC1(c2cncc(F)c2)CC1CN. The maximum atomic E-state index is 12.9. The van der Waals surface area contributed by atoms with Gasteiger partial charge in [0.1, 0.15) is 5.82 Å². The van der Waals surface area contributed by atoms with E-state index in [9.17, 15) is 4.39 Å². The van der Waals surface area contributed by atoms with E-state index in [2.05, 4.69) is 11.9 Å². The molecule has 0 aromatic carbocycles. The first kappa shape index (κ1) is 8.63. The van der Waals surface area contributed by atoms with Crippen LogP contribution in [0.2, 0.25) is 0 Å². The molecule has 1 aromatic heterocycles. The molecule has 70 valence electrons. The van der Waals surface area contributed by atoms with Crippen LogP contribution in [0.15, 0.2) is 18.5 Å². The lowest BCUT2D eigenvalue weighted by molar-refractivity contribution is 0.603. The van der Waals surface area contributed by atoms with Crippen molar-refractivity contribution >= 4 is 0 Å². The van der Waals surface area contributed by atoms with E-state index < -0.39 is 0 Å². The molecule has 2 unspecified atom stereocenters. The molecule has 0 aliphatic heterocycles. The van der Waals surface area contributed by atoms with Gasteiger partial charge in [0.15, 0.2) is 0 Å². The van der Waals surface area contributed by atoms with Crippen molar-refractivity contribution in [2.24, 2.45) is 11.7 Å². The summed E-state index contributed by atoms with van der Waals surface area (Å²) in [7, 11) is 0. The van der Waals surface area contributed by atoms with E-state index in [4.69, 9.17) is 5.73 Å². The number of nitrogens with two attached hydrogens (primary N) is 1. The predicted octanol–water partition coefficient (Wildman–Crippen LogP) is 1.46. The molecule has 1 aliphatic carbocycles. The van der Waals surface area contributed by atoms with Gasteiger partial charge in [-0.05, 0) is 35.9 Å². The van der Waals surface area contributed by atoms with Gasteiger partial charge in [0, 0.05) is 6.20 Å². The molecule has 2 rings (SSSR count). The van der Waals surface area contributed by atoms with Gasteiger partial charge in [0.2, 0.25) is 0 Å².